The maximum Gasteiger partial charge on any atom is 0.191 e. The molecular weight excluding hydrogens is 359 g/mol. The van der Waals surface area contributed by atoms with Crippen molar-refractivity contribution < 1.29 is 13.9 Å². The molecule has 0 radical (unpaired) electrons. The minimum atomic E-state index is -0.209. The van der Waals surface area contributed by atoms with Crippen molar-refractivity contribution in [2.24, 2.45) is 10.9 Å². The molecule has 0 spiro atoms. The lowest BCUT2D eigenvalue weighted by Gasteiger charge is -2.35. The van der Waals surface area contributed by atoms with Crippen molar-refractivity contribution in [1.82, 2.24) is 15.5 Å². The molecule has 1 atom stereocenters. The summed E-state index contributed by atoms with van der Waals surface area (Å²) in [5.74, 6) is 1.38. The highest BCUT2D eigenvalue weighted by Gasteiger charge is 2.23. The van der Waals surface area contributed by atoms with Crippen LogP contribution in [0, 0.1) is 11.7 Å². The fourth-order valence-corrected chi connectivity index (χ4v) is 3.36. The fraction of sp³-hybridized carbons (Fsp3) is 0.667. The van der Waals surface area contributed by atoms with Gasteiger partial charge < -0.3 is 20.1 Å². The van der Waals surface area contributed by atoms with Crippen LogP contribution in [0.15, 0.2) is 29.3 Å². The Balaban J connectivity index is 1.45. The molecule has 156 valence electrons. The number of hydrogen-bond donors (Lipinski definition) is 2. The molecule has 1 unspecified atom stereocenters. The van der Waals surface area contributed by atoms with Gasteiger partial charge in [-0.1, -0.05) is 12.1 Å². The van der Waals surface area contributed by atoms with Crippen molar-refractivity contribution in [1.29, 1.82) is 0 Å². The lowest BCUT2D eigenvalue weighted by molar-refractivity contribution is 0.0170. The zero-order chi connectivity index (χ0) is 19.6. The summed E-state index contributed by atoms with van der Waals surface area (Å²) in [4.78, 5) is 6.70. The first-order chi connectivity index (χ1) is 13.8. The van der Waals surface area contributed by atoms with Crippen LogP contribution in [-0.4, -0.2) is 70.5 Å². The zero-order valence-corrected chi connectivity index (χ0v) is 16.8. The molecule has 1 heterocycles. The maximum atomic E-state index is 13.3. The van der Waals surface area contributed by atoms with Crippen LogP contribution in [0.1, 0.15) is 30.9 Å². The fourth-order valence-electron chi connectivity index (χ4n) is 3.36. The van der Waals surface area contributed by atoms with Crippen molar-refractivity contribution in [2.45, 2.75) is 25.3 Å². The monoisotopic (exact) mass is 392 g/mol. The van der Waals surface area contributed by atoms with Crippen LogP contribution in [0.25, 0.3) is 0 Å². The molecule has 1 saturated heterocycles. The molecule has 1 aromatic rings. The summed E-state index contributed by atoms with van der Waals surface area (Å²) in [7, 11) is 1.78. The lowest BCUT2D eigenvalue weighted by atomic mass is 10.0. The number of nitrogens with zero attached hydrogens (tertiary/aromatic N) is 2. The van der Waals surface area contributed by atoms with Gasteiger partial charge in [-0.05, 0) is 42.9 Å². The van der Waals surface area contributed by atoms with E-state index in [4.69, 9.17) is 9.47 Å². The van der Waals surface area contributed by atoms with E-state index in [1.165, 1.54) is 25.0 Å². The topological polar surface area (TPSA) is 58.1 Å². The minimum Gasteiger partial charge on any atom is -0.381 e. The van der Waals surface area contributed by atoms with E-state index in [2.05, 4.69) is 20.5 Å². The van der Waals surface area contributed by atoms with Crippen LogP contribution < -0.4 is 10.6 Å². The molecule has 1 aromatic carbocycles. The van der Waals surface area contributed by atoms with Gasteiger partial charge in [-0.2, -0.15) is 0 Å². The lowest BCUT2D eigenvalue weighted by Crippen LogP contribution is -2.46. The first kappa shape index (κ1) is 21.0. The van der Waals surface area contributed by atoms with Crippen LogP contribution in [0.5, 0.6) is 0 Å². The quantitative estimate of drug-likeness (QED) is 0.363. The molecule has 0 amide bonds. The van der Waals surface area contributed by atoms with Gasteiger partial charge in [-0.3, -0.25) is 9.89 Å². The van der Waals surface area contributed by atoms with E-state index < -0.39 is 0 Å². The van der Waals surface area contributed by atoms with Crippen molar-refractivity contribution in [3.05, 3.63) is 35.6 Å². The van der Waals surface area contributed by atoms with Crippen molar-refractivity contribution in [3.8, 4) is 0 Å². The van der Waals surface area contributed by atoms with E-state index in [1.807, 2.05) is 12.1 Å². The van der Waals surface area contributed by atoms with Crippen LogP contribution in [0.2, 0.25) is 0 Å². The van der Waals surface area contributed by atoms with Gasteiger partial charge in [0, 0.05) is 46.4 Å². The third kappa shape index (κ3) is 7.04. The molecule has 1 aliphatic carbocycles. The molecule has 1 aliphatic heterocycles. The van der Waals surface area contributed by atoms with E-state index in [0.717, 1.165) is 69.9 Å². The number of halogens is 1. The standard InChI is InChI=1S/C21H33FN4O2/c1-23-21(24-9-2-12-28-16-17-3-4-17)25-15-20(26-10-13-27-14-11-26)18-5-7-19(22)8-6-18/h5-8,17,20H,2-4,9-16H2,1H3,(H2,23,24,25). The second-order valence-corrected chi connectivity index (χ2v) is 7.47. The Labute approximate surface area is 167 Å². The highest BCUT2D eigenvalue weighted by molar-refractivity contribution is 5.79. The molecule has 2 fully saturated rings. The highest BCUT2D eigenvalue weighted by atomic mass is 19.1. The Morgan fingerprint density at radius 1 is 1.25 bits per heavy atom. The van der Waals surface area contributed by atoms with Crippen molar-refractivity contribution in [2.75, 3.05) is 59.7 Å². The number of hydrogen-bond acceptors (Lipinski definition) is 4. The number of aliphatic imine (C=N–C) groups is 1. The first-order valence-corrected chi connectivity index (χ1v) is 10.4. The molecule has 6 nitrogen and oxygen atoms in total. The summed E-state index contributed by atoms with van der Waals surface area (Å²) in [6, 6.07) is 6.93. The average Bonchev–Trinajstić information content (AvgIpc) is 3.55. The summed E-state index contributed by atoms with van der Waals surface area (Å²) < 4.78 is 24.5. The van der Waals surface area contributed by atoms with E-state index in [9.17, 15) is 4.39 Å². The van der Waals surface area contributed by atoms with E-state index in [0.29, 0.717) is 6.54 Å². The number of ether oxygens (including phenoxy) is 2. The Morgan fingerprint density at radius 2 is 2.00 bits per heavy atom. The van der Waals surface area contributed by atoms with Crippen LogP contribution >= 0.6 is 0 Å². The summed E-state index contributed by atoms with van der Waals surface area (Å²) in [5, 5.41) is 6.77. The number of guanidine groups is 1. The Morgan fingerprint density at radius 3 is 2.68 bits per heavy atom. The Hall–Kier alpha value is -1.70. The predicted molar refractivity (Wildman–Crippen MR) is 109 cm³/mol. The molecule has 2 aliphatic rings. The number of nitrogens with one attached hydrogen (secondary N) is 2. The van der Waals surface area contributed by atoms with Gasteiger partial charge in [0.25, 0.3) is 0 Å². The third-order valence-electron chi connectivity index (χ3n) is 5.24. The summed E-state index contributed by atoms with van der Waals surface area (Å²) in [6.07, 6.45) is 3.61. The highest BCUT2D eigenvalue weighted by Crippen LogP contribution is 2.28. The average molecular weight is 393 g/mol. The van der Waals surface area contributed by atoms with Crippen LogP contribution in [0.3, 0.4) is 0 Å². The van der Waals surface area contributed by atoms with Crippen LogP contribution in [-0.2, 0) is 9.47 Å². The second-order valence-electron chi connectivity index (χ2n) is 7.47. The van der Waals surface area contributed by atoms with E-state index in [-0.39, 0.29) is 11.9 Å². The molecule has 0 bridgehead atoms. The summed E-state index contributed by atoms with van der Waals surface area (Å²) in [6.45, 7) is 6.41. The van der Waals surface area contributed by atoms with E-state index >= 15 is 0 Å². The summed E-state index contributed by atoms with van der Waals surface area (Å²) in [5.41, 5.74) is 1.10. The maximum absolute atomic E-state index is 13.3. The molecule has 3 rings (SSSR count). The minimum absolute atomic E-state index is 0.143. The van der Waals surface area contributed by atoms with Gasteiger partial charge in [-0.25, -0.2) is 4.39 Å². The van der Waals surface area contributed by atoms with Gasteiger partial charge in [0.05, 0.1) is 19.3 Å². The van der Waals surface area contributed by atoms with E-state index in [1.54, 1.807) is 7.05 Å². The van der Waals surface area contributed by atoms with Gasteiger partial charge in [0.2, 0.25) is 0 Å². The van der Waals surface area contributed by atoms with Gasteiger partial charge in [0.1, 0.15) is 5.82 Å². The molecule has 0 aromatic heterocycles. The normalized spacial score (nSPS) is 19.4. The Kier molecular flexibility index (Phi) is 8.51. The van der Waals surface area contributed by atoms with Gasteiger partial charge in [-0.15, -0.1) is 0 Å². The number of morpholine rings is 1. The zero-order valence-electron chi connectivity index (χ0n) is 16.8. The van der Waals surface area contributed by atoms with Gasteiger partial charge in [0.15, 0.2) is 5.96 Å². The SMILES string of the molecule is CN=C(NCCCOCC1CC1)NCC(c1ccc(F)cc1)N1CCOCC1. The Bertz CT molecular complexity index is 601. The first-order valence-electron chi connectivity index (χ1n) is 10.4. The second kappa shape index (κ2) is 11.3. The summed E-state index contributed by atoms with van der Waals surface area (Å²) >= 11 is 0. The van der Waals surface area contributed by atoms with Gasteiger partial charge >= 0.3 is 0 Å². The molecular formula is C21H33FN4O2. The molecule has 7 heteroatoms. The third-order valence-corrected chi connectivity index (χ3v) is 5.24. The van der Waals surface area contributed by atoms with Crippen molar-refractivity contribution in [3.63, 3.8) is 0 Å². The largest absolute Gasteiger partial charge is 0.381 e. The molecule has 2 N–H and O–H groups in total. The smallest absolute Gasteiger partial charge is 0.191 e. The van der Waals surface area contributed by atoms with Crippen LogP contribution in [0.4, 0.5) is 4.39 Å². The number of benzene rings is 1. The predicted octanol–water partition coefficient (Wildman–Crippen LogP) is 2.18. The van der Waals surface area contributed by atoms with Crippen molar-refractivity contribution >= 4 is 5.96 Å². The molecule has 28 heavy (non-hydrogen) atoms. The molecule has 1 saturated carbocycles. The number of rotatable bonds is 10.